The Balaban J connectivity index is 0.00000264. The minimum atomic E-state index is -0.387. The highest BCUT2D eigenvalue weighted by Crippen LogP contribution is 2.24. The predicted octanol–water partition coefficient (Wildman–Crippen LogP) is 3.49. The van der Waals surface area contributed by atoms with Crippen LogP contribution in [0.25, 0.3) is 11.1 Å². The van der Waals surface area contributed by atoms with Gasteiger partial charge in [0, 0.05) is 30.0 Å². The van der Waals surface area contributed by atoms with Crippen LogP contribution in [0.4, 0.5) is 4.39 Å². The fourth-order valence-electron chi connectivity index (χ4n) is 2.27. The highest BCUT2D eigenvalue weighted by molar-refractivity contribution is 6.00. The minimum Gasteiger partial charge on any atom is -0.366 e. The van der Waals surface area contributed by atoms with E-state index in [1.54, 1.807) is 24.5 Å². The largest absolute Gasteiger partial charge is 0.366 e. The van der Waals surface area contributed by atoms with Gasteiger partial charge in [-0.25, -0.2) is 4.39 Å². The van der Waals surface area contributed by atoms with E-state index >= 15 is 0 Å². The van der Waals surface area contributed by atoms with Crippen LogP contribution in [-0.2, 0) is 0 Å². The smallest absolute Gasteiger partial charge is 0.253 e. The third-order valence-electron chi connectivity index (χ3n) is 4.15. The van der Waals surface area contributed by atoms with E-state index in [0.29, 0.717) is 12.1 Å². The SMILES string of the molecule is CCC(N)(CC)CNC(=O)c1c[nH]cc1-c1ccc(F)cc1.Cl. The normalized spacial score (nSPS) is 11.0. The number of nitrogens with one attached hydrogen (secondary N) is 2. The van der Waals surface area contributed by atoms with Crippen molar-refractivity contribution in [2.24, 2.45) is 5.73 Å². The van der Waals surface area contributed by atoms with E-state index < -0.39 is 0 Å². The number of H-pyrrole nitrogens is 1. The summed E-state index contributed by atoms with van der Waals surface area (Å²) in [6.45, 7) is 4.44. The first-order valence-electron chi connectivity index (χ1n) is 7.49. The fraction of sp³-hybridized carbons (Fsp3) is 0.353. The van der Waals surface area contributed by atoms with Crippen LogP contribution in [0.3, 0.4) is 0 Å². The molecule has 2 rings (SSSR count). The lowest BCUT2D eigenvalue weighted by Crippen LogP contribution is -2.49. The van der Waals surface area contributed by atoms with Crippen molar-refractivity contribution in [1.29, 1.82) is 0 Å². The lowest BCUT2D eigenvalue weighted by Gasteiger charge is -2.26. The van der Waals surface area contributed by atoms with E-state index in [2.05, 4.69) is 10.3 Å². The molecule has 0 aliphatic rings. The average Bonchev–Trinajstić information content (AvgIpc) is 3.02. The summed E-state index contributed by atoms with van der Waals surface area (Å²) >= 11 is 0. The molecule has 126 valence electrons. The van der Waals surface area contributed by atoms with Gasteiger partial charge in [0.15, 0.2) is 0 Å². The van der Waals surface area contributed by atoms with Crippen LogP contribution in [0.2, 0.25) is 0 Å². The number of hydrogen-bond donors (Lipinski definition) is 3. The van der Waals surface area contributed by atoms with Crippen LogP contribution in [0.1, 0.15) is 37.0 Å². The number of rotatable bonds is 6. The van der Waals surface area contributed by atoms with Crippen LogP contribution in [0.5, 0.6) is 0 Å². The number of nitrogens with two attached hydrogens (primary N) is 1. The van der Waals surface area contributed by atoms with Gasteiger partial charge in [-0.15, -0.1) is 12.4 Å². The van der Waals surface area contributed by atoms with Crippen molar-refractivity contribution in [2.45, 2.75) is 32.2 Å². The van der Waals surface area contributed by atoms with Crippen molar-refractivity contribution in [3.8, 4) is 11.1 Å². The van der Waals surface area contributed by atoms with Gasteiger partial charge in [-0.1, -0.05) is 26.0 Å². The Kier molecular flexibility index (Phi) is 6.79. The van der Waals surface area contributed by atoms with Gasteiger partial charge in [-0.3, -0.25) is 4.79 Å². The summed E-state index contributed by atoms with van der Waals surface area (Å²) in [6, 6.07) is 6.06. The molecule has 4 N–H and O–H groups in total. The zero-order valence-corrected chi connectivity index (χ0v) is 14.2. The molecular formula is C17H23ClFN3O. The molecule has 0 saturated heterocycles. The molecular weight excluding hydrogens is 317 g/mol. The monoisotopic (exact) mass is 339 g/mol. The lowest BCUT2D eigenvalue weighted by molar-refractivity contribution is 0.0943. The Morgan fingerprint density at radius 1 is 1.22 bits per heavy atom. The van der Waals surface area contributed by atoms with E-state index in [4.69, 9.17) is 5.73 Å². The number of carbonyl (C=O) groups excluding carboxylic acids is 1. The van der Waals surface area contributed by atoms with Gasteiger partial charge in [0.2, 0.25) is 0 Å². The molecule has 0 radical (unpaired) electrons. The molecule has 1 amide bonds. The maximum atomic E-state index is 13.0. The van der Waals surface area contributed by atoms with Crippen LogP contribution < -0.4 is 11.1 Å². The van der Waals surface area contributed by atoms with E-state index in [-0.39, 0.29) is 29.7 Å². The second-order valence-electron chi connectivity index (χ2n) is 5.54. The summed E-state index contributed by atoms with van der Waals surface area (Å²) in [6.07, 6.45) is 4.96. The van der Waals surface area contributed by atoms with Crippen LogP contribution in [0.15, 0.2) is 36.7 Å². The van der Waals surface area contributed by atoms with Gasteiger partial charge < -0.3 is 16.0 Å². The molecule has 4 nitrogen and oxygen atoms in total. The second-order valence-corrected chi connectivity index (χ2v) is 5.54. The number of benzene rings is 1. The van der Waals surface area contributed by atoms with E-state index in [1.807, 2.05) is 13.8 Å². The fourth-order valence-corrected chi connectivity index (χ4v) is 2.27. The maximum Gasteiger partial charge on any atom is 0.253 e. The number of amides is 1. The molecule has 1 aromatic heterocycles. The highest BCUT2D eigenvalue weighted by Gasteiger charge is 2.22. The summed E-state index contributed by atoms with van der Waals surface area (Å²) in [5.41, 5.74) is 7.88. The Bertz CT molecular complexity index is 636. The number of aromatic nitrogens is 1. The first-order chi connectivity index (χ1) is 10.5. The second kappa shape index (κ2) is 8.13. The van der Waals surface area contributed by atoms with Gasteiger partial charge >= 0.3 is 0 Å². The quantitative estimate of drug-likeness (QED) is 0.754. The molecule has 6 heteroatoms. The molecule has 0 bridgehead atoms. The molecule has 0 spiro atoms. The standard InChI is InChI=1S/C17H22FN3O.ClH/c1-3-17(19,4-2)11-21-16(22)15-10-20-9-14(15)12-5-7-13(18)8-6-12;/h5-10,20H,3-4,11,19H2,1-2H3,(H,21,22);1H. The third-order valence-corrected chi connectivity index (χ3v) is 4.15. The molecule has 0 aliphatic carbocycles. The van der Waals surface area contributed by atoms with Crippen molar-refractivity contribution < 1.29 is 9.18 Å². The highest BCUT2D eigenvalue weighted by atomic mass is 35.5. The molecule has 0 unspecified atom stereocenters. The third kappa shape index (κ3) is 4.56. The molecule has 1 heterocycles. The topological polar surface area (TPSA) is 70.9 Å². The zero-order chi connectivity index (χ0) is 16.2. The van der Waals surface area contributed by atoms with Crippen molar-refractivity contribution in [3.05, 3.63) is 48.0 Å². The predicted molar refractivity (Wildman–Crippen MR) is 93.3 cm³/mol. The van der Waals surface area contributed by atoms with Gasteiger partial charge in [-0.05, 0) is 30.5 Å². The minimum absolute atomic E-state index is 0. The van der Waals surface area contributed by atoms with Crippen LogP contribution >= 0.6 is 12.4 Å². The Hall–Kier alpha value is -1.85. The Morgan fingerprint density at radius 3 is 2.39 bits per heavy atom. The van der Waals surface area contributed by atoms with Gasteiger partial charge in [0.1, 0.15) is 5.82 Å². The van der Waals surface area contributed by atoms with Crippen molar-refractivity contribution >= 4 is 18.3 Å². The van der Waals surface area contributed by atoms with Gasteiger partial charge in [-0.2, -0.15) is 0 Å². The first kappa shape index (κ1) is 19.2. The number of aromatic amines is 1. The first-order valence-corrected chi connectivity index (χ1v) is 7.49. The van der Waals surface area contributed by atoms with Gasteiger partial charge in [0.25, 0.3) is 5.91 Å². The summed E-state index contributed by atoms with van der Waals surface area (Å²) in [5, 5.41) is 2.89. The molecule has 0 saturated carbocycles. The number of hydrogen-bond acceptors (Lipinski definition) is 2. The van der Waals surface area contributed by atoms with Crippen molar-refractivity contribution in [2.75, 3.05) is 6.54 Å². The number of halogens is 2. The summed E-state index contributed by atoms with van der Waals surface area (Å²) in [7, 11) is 0. The lowest BCUT2D eigenvalue weighted by atomic mass is 9.94. The van der Waals surface area contributed by atoms with E-state index in [1.165, 1.54) is 12.1 Å². The van der Waals surface area contributed by atoms with Crippen molar-refractivity contribution in [3.63, 3.8) is 0 Å². The van der Waals surface area contributed by atoms with E-state index in [9.17, 15) is 9.18 Å². The molecule has 0 aliphatic heterocycles. The Labute approximate surface area is 142 Å². The van der Waals surface area contributed by atoms with Gasteiger partial charge in [0.05, 0.1) is 5.56 Å². The number of carbonyl (C=O) groups is 1. The molecule has 23 heavy (non-hydrogen) atoms. The van der Waals surface area contributed by atoms with Crippen LogP contribution in [-0.4, -0.2) is 23.0 Å². The molecule has 0 fully saturated rings. The summed E-state index contributed by atoms with van der Waals surface area (Å²) in [4.78, 5) is 15.3. The van der Waals surface area contributed by atoms with Crippen molar-refractivity contribution in [1.82, 2.24) is 10.3 Å². The zero-order valence-electron chi connectivity index (χ0n) is 13.4. The average molecular weight is 340 g/mol. The van der Waals surface area contributed by atoms with Crippen LogP contribution in [0, 0.1) is 5.82 Å². The summed E-state index contributed by atoms with van der Waals surface area (Å²) in [5.74, 6) is -0.485. The van der Waals surface area contributed by atoms with E-state index in [0.717, 1.165) is 24.0 Å². The Morgan fingerprint density at radius 2 is 1.83 bits per heavy atom. The summed E-state index contributed by atoms with van der Waals surface area (Å²) < 4.78 is 13.0. The molecule has 0 atom stereocenters. The molecule has 1 aromatic carbocycles. The maximum absolute atomic E-state index is 13.0. The molecule has 2 aromatic rings.